The summed E-state index contributed by atoms with van der Waals surface area (Å²) in [5.74, 6) is -0.858. The van der Waals surface area contributed by atoms with Crippen LogP contribution in [-0.2, 0) is 0 Å². The van der Waals surface area contributed by atoms with Gasteiger partial charge in [0.1, 0.15) is 16.9 Å². The molecule has 1 atom stereocenters. The van der Waals surface area contributed by atoms with Crippen molar-refractivity contribution in [1.29, 1.82) is 0 Å². The molecule has 26 heavy (non-hydrogen) atoms. The number of aromatic amines is 1. The summed E-state index contributed by atoms with van der Waals surface area (Å²) < 4.78 is 13.9. The second-order valence-corrected chi connectivity index (χ2v) is 6.59. The maximum atomic E-state index is 13.9. The van der Waals surface area contributed by atoms with E-state index in [9.17, 15) is 9.18 Å². The number of hydrogen-bond acceptors (Lipinski definition) is 4. The third kappa shape index (κ3) is 3.43. The number of nitrogens with zero attached hydrogens (tertiary/aromatic N) is 3. The van der Waals surface area contributed by atoms with Gasteiger partial charge in [-0.2, -0.15) is 15.4 Å². The summed E-state index contributed by atoms with van der Waals surface area (Å²) in [4.78, 5) is 15.2. The number of halogens is 1. The van der Waals surface area contributed by atoms with Gasteiger partial charge >= 0.3 is 0 Å². The number of amides is 1. The van der Waals surface area contributed by atoms with Crippen LogP contribution in [0.4, 0.5) is 4.39 Å². The zero-order valence-corrected chi connectivity index (χ0v) is 14.3. The molecule has 6 nitrogen and oxygen atoms in total. The zero-order chi connectivity index (χ0) is 17.9. The normalized spacial score (nSPS) is 16.0. The molecule has 7 heteroatoms. The highest BCUT2D eigenvalue weighted by molar-refractivity contribution is 6.04. The number of carbonyl (C=O) groups excluding carboxylic acids is 1. The maximum Gasteiger partial charge on any atom is 0.254 e. The number of benzene rings is 2. The van der Waals surface area contributed by atoms with E-state index in [-0.39, 0.29) is 17.5 Å². The number of likely N-dealkylation sites (tertiary alicyclic amines) is 1. The molecule has 3 aromatic rings. The fourth-order valence-electron chi connectivity index (χ4n) is 3.47. The second kappa shape index (κ2) is 7.21. The van der Waals surface area contributed by atoms with Gasteiger partial charge in [-0.1, -0.05) is 30.3 Å². The van der Waals surface area contributed by atoms with E-state index in [1.54, 1.807) is 0 Å². The molecule has 2 heterocycles. The van der Waals surface area contributed by atoms with Crippen molar-refractivity contribution in [2.45, 2.75) is 18.9 Å². The molecule has 1 saturated heterocycles. The number of fused-ring (bicyclic) bond motifs is 1. The molecule has 0 radical (unpaired) electrons. The fourth-order valence-corrected chi connectivity index (χ4v) is 3.47. The van der Waals surface area contributed by atoms with E-state index in [1.165, 1.54) is 25.0 Å². The first kappa shape index (κ1) is 16.7. The standard InChI is InChI=1S/C19H20FN5O/c20-14-10-15(18-16(11-14)22-24-23-18)19(26)21-17(12-25-8-4-5-9-25)13-6-2-1-3-7-13/h1-3,6-7,10-11,17H,4-5,8-9,12H2,(H,21,26)(H,22,23,24). The average Bonchev–Trinajstić information content (AvgIpc) is 3.32. The van der Waals surface area contributed by atoms with E-state index in [0.29, 0.717) is 11.0 Å². The summed E-state index contributed by atoms with van der Waals surface area (Å²) in [5, 5.41) is 13.4. The quantitative estimate of drug-likeness (QED) is 0.740. The average molecular weight is 353 g/mol. The Labute approximate surface area is 150 Å². The van der Waals surface area contributed by atoms with Crippen LogP contribution in [0.25, 0.3) is 11.0 Å². The molecule has 0 bridgehead atoms. The molecule has 1 aliphatic heterocycles. The number of hydrogen-bond donors (Lipinski definition) is 2. The van der Waals surface area contributed by atoms with E-state index in [0.717, 1.165) is 25.2 Å². The van der Waals surface area contributed by atoms with Crippen molar-refractivity contribution in [3.63, 3.8) is 0 Å². The molecule has 1 unspecified atom stereocenters. The van der Waals surface area contributed by atoms with Crippen molar-refractivity contribution >= 4 is 16.9 Å². The first-order chi connectivity index (χ1) is 12.7. The summed E-state index contributed by atoms with van der Waals surface area (Å²) in [5.41, 5.74) is 1.93. The first-order valence-electron chi connectivity index (χ1n) is 8.79. The monoisotopic (exact) mass is 353 g/mol. The minimum absolute atomic E-state index is 0.174. The zero-order valence-electron chi connectivity index (χ0n) is 14.3. The Morgan fingerprint density at radius 1 is 1.19 bits per heavy atom. The van der Waals surface area contributed by atoms with Gasteiger partial charge in [0.2, 0.25) is 0 Å². The highest BCUT2D eigenvalue weighted by Crippen LogP contribution is 2.21. The Bertz CT molecular complexity index is 905. The smallest absolute Gasteiger partial charge is 0.254 e. The van der Waals surface area contributed by atoms with E-state index < -0.39 is 5.82 Å². The number of aromatic nitrogens is 3. The number of carbonyl (C=O) groups is 1. The van der Waals surface area contributed by atoms with Crippen LogP contribution in [0.5, 0.6) is 0 Å². The molecule has 134 valence electrons. The molecule has 1 amide bonds. The van der Waals surface area contributed by atoms with Crippen LogP contribution in [0.3, 0.4) is 0 Å². The Hall–Kier alpha value is -2.80. The van der Waals surface area contributed by atoms with Crippen LogP contribution < -0.4 is 5.32 Å². The van der Waals surface area contributed by atoms with Gasteiger partial charge in [0.15, 0.2) is 0 Å². The SMILES string of the molecule is O=C(NC(CN1CCCC1)c1ccccc1)c1cc(F)cc2n[nH]nc12. The predicted octanol–water partition coefficient (Wildman–Crippen LogP) is 2.66. The van der Waals surface area contributed by atoms with Gasteiger partial charge in [0, 0.05) is 12.6 Å². The highest BCUT2D eigenvalue weighted by Gasteiger charge is 2.23. The summed E-state index contributed by atoms with van der Waals surface area (Å²) in [6, 6.07) is 12.1. The van der Waals surface area contributed by atoms with Crippen LogP contribution in [0, 0.1) is 5.82 Å². The Morgan fingerprint density at radius 3 is 2.73 bits per heavy atom. The predicted molar refractivity (Wildman–Crippen MR) is 96.2 cm³/mol. The number of rotatable bonds is 5. The topological polar surface area (TPSA) is 73.9 Å². The Morgan fingerprint density at radius 2 is 1.96 bits per heavy atom. The second-order valence-electron chi connectivity index (χ2n) is 6.59. The Balaban J connectivity index is 1.61. The van der Waals surface area contributed by atoms with Crippen LogP contribution >= 0.6 is 0 Å². The van der Waals surface area contributed by atoms with Crippen LogP contribution in [0.15, 0.2) is 42.5 Å². The lowest BCUT2D eigenvalue weighted by molar-refractivity contribution is 0.0928. The summed E-state index contributed by atoms with van der Waals surface area (Å²) >= 11 is 0. The number of H-pyrrole nitrogens is 1. The first-order valence-corrected chi connectivity index (χ1v) is 8.79. The van der Waals surface area contributed by atoms with Crippen LogP contribution in [-0.4, -0.2) is 45.9 Å². The van der Waals surface area contributed by atoms with Gasteiger partial charge in [-0.05, 0) is 37.6 Å². The van der Waals surface area contributed by atoms with Crippen molar-refractivity contribution in [3.8, 4) is 0 Å². The van der Waals surface area contributed by atoms with Crippen LogP contribution in [0.2, 0.25) is 0 Å². The molecule has 4 rings (SSSR count). The van der Waals surface area contributed by atoms with Gasteiger partial charge in [-0.3, -0.25) is 4.79 Å². The molecule has 0 aliphatic carbocycles. The molecule has 2 aromatic carbocycles. The highest BCUT2D eigenvalue weighted by atomic mass is 19.1. The van der Waals surface area contributed by atoms with Crippen molar-refractivity contribution in [1.82, 2.24) is 25.6 Å². The summed E-state index contributed by atoms with van der Waals surface area (Å²) in [6.45, 7) is 2.80. The molecule has 0 saturated carbocycles. The van der Waals surface area contributed by atoms with Crippen molar-refractivity contribution in [2.75, 3.05) is 19.6 Å². The van der Waals surface area contributed by atoms with E-state index in [4.69, 9.17) is 0 Å². The Kier molecular flexibility index (Phi) is 4.62. The van der Waals surface area contributed by atoms with Gasteiger partial charge in [0.05, 0.1) is 11.6 Å². The maximum absolute atomic E-state index is 13.9. The van der Waals surface area contributed by atoms with Crippen molar-refractivity contribution < 1.29 is 9.18 Å². The molecule has 1 fully saturated rings. The lowest BCUT2D eigenvalue weighted by Crippen LogP contribution is -2.37. The molecule has 1 aliphatic rings. The minimum atomic E-state index is -0.507. The molecular weight excluding hydrogens is 333 g/mol. The van der Waals surface area contributed by atoms with Crippen molar-refractivity contribution in [3.05, 3.63) is 59.4 Å². The van der Waals surface area contributed by atoms with Gasteiger partial charge < -0.3 is 10.2 Å². The fraction of sp³-hybridized carbons (Fsp3) is 0.316. The third-order valence-corrected chi connectivity index (χ3v) is 4.78. The minimum Gasteiger partial charge on any atom is -0.344 e. The summed E-state index contributed by atoms with van der Waals surface area (Å²) in [7, 11) is 0. The van der Waals surface area contributed by atoms with E-state index in [1.807, 2.05) is 30.3 Å². The molecule has 0 spiro atoms. The van der Waals surface area contributed by atoms with Crippen LogP contribution in [0.1, 0.15) is 34.8 Å². The van der Waals surface area contributed by atoms with Gasteiger partial charge in [0.25, 0.3) is 5.91 Å². The van der Waals surface area contributed by atoms with E-state index >= 15 is 0 Å². The number of nitrogens with one attached hydrogen (secondary N) is 2. The molecular formula is C19H20FN5O. The van der Waals surface area contributed by atoms with Gasteiger partial charge in [-0.15, -0.1) is 0 Å². The molecule has 2 N–H and O–H groups in total. The van der Waals surface area contributed by atoms with E-state index in [2.05, 4.69) is 25.6 Å². The lowest BCUT2D eigenvalue weighted by Gasteiger charge is -2.25. The van der Waals surface area contributed by atoms with Gasteiger partial charge in [-0.25, -0.2) is 4.39 Å². The summed E-state index contributed by atoms with van der Waals surface area (Å²) in [6.07, 6.45) is 2.36. The lowest BCUT2D eigenvalue weighted by atomic mass is 10.1. The van der Waals surface area contributed by atoms with Crippen molar-refractivity contribution in [2.24, 2.45) is 0 Å². The molecule has 1 aromatic heterocycles. The third-order valence-electron chi connectivity index (χ3n) is 4.78. The largest absolute Gasteiger partial charge is 0.344 e.